The van der Waals surface area contributed by atoms with Gasteiger partial charge >= 0.3 is 0 Å². The lowest BCUT2D eigenvalue weighted by Crippen LogP contribution is -1.98. The van der Waals surface area contributed by atoms with Gasteiger partial charge in [-0.05, 0) is 47.4 Å². The van der Waals surface area contributed by atoms with E-state index in [0.29, 0.717) is 5.92 Å². The molecule has 3 aromatic carbocycles. The van der Waals surface area contributed by atoms with E-state index in [9.17, 15) is 0 Å². The summed E-state index contributed by atoms with van der Waals surface area (Å²) in [6, 6.07) is 27.8. The molecule has 0 aliphatic heterocycles. The number of hydrogen-bond donors (Lipinski definition) is 1. The van der Waals surface area contributed by atoms with E-state index in [2.05, 4.69) is 102 Å². The van der Waals surface area contributed by atoms with E-state index in [-0.39, 0.29) is 0 Å². The molecule has 0 bridgehead atoms. The molecule has 1 aliphatic rings. The smallest absolute Gasteiger partial charge is 0.0390 e. The molecule has 4 rings (SSSR count). The summed E-state index contributed by atoms with van der Waals surface area (Å²) < 4.78 is 0. The van der Waals surface area contributed by atoms with Gasteiger partial charge in [-0.3, -0.25) is 0 Å². The molecule has 1 nitrogen and oxygen atoms in total. The van der Waals surface area contributed by atoms with Gasteiger partial charge in [0.05, 0.1) is 0 Å². The van der Waals surface area contributed by atoms with Crippen LogP contribution in [0.5, 0.6) is 0 Å². The van der Waals surface area contributed by atoms with Crippen LogP contribution in [0.4, 0.5) is 11.4 Å². The van der Waals surface area contributed by atoms with Crippen LogP contribution in [-0.4, -0.2) is 0 Å². The van der Waals surface area contributed by atoms with Gasteiger partial charge in [-0.1, -0.05) is 78.9 Å². The van der Waals surface area contributed by atoms with E-state index < -0.39 is 0 Å². The second-order valence-electron chi connectivity index (χ2n) is 6.35. The predicted octanol–water partition coefficient (Wildman–Crippen LogP) is 6.70. The first kappa shape index (κ1) is 15.5. The Balaban J connectivity index is 1.56. The molecule has 0 radical (unpaired) electrons. The molecular formula is C24H21N. The summed E-state index contributed by atoms with van der Waals surface area (Å²) in [7, 11) is 0. The average molecular weight is 323 g/mol. The molecule has 0 heterocycles. The Morgan fingerprint density at radius 3 is 2.24 bits per heavy atom. The molecule has 1 aliphatic carbocycles. The lowest BCUT2D eigenvalue weighted by atomic mass is 9.92. The van der Waals surface area contributed by atoms with Gasteiger partial charge in [-0.25, -0.2) is 0 Å². The van der Waals surface area contributed by atoms with Gasteiger partial charge in [0.2, 0.25) is 0 Å². The third kappa shape index (κ3) is 3.72. The van der Waals surface area contributed by atoms with Crippen LogP contribution in [0, 0.1) is 0 Å². The Morgan fingerprint density at radius 2 is 1.44 bits per heavy atom. The molecule has 1 heteroatoms. The summed E-state index contributed by atoms with van der Waals surface area (Å²) in [5.41, 5.74) is 6.05. The maximum atomic E-state index is 3.55. The average Bonchev–Trinajstić information content (AvgIpc) is 2.70. The Bertz CT molecular complexity index is 906. The van der Waals surface area contributed by atoms with E-state index in [4.69, 9.17) is 0 Å². The van der Waals surface area contributed by atoms with Gasteiger partial charge < -0.3 is 5.32 Å². The third-order valence-electron chi connectivity index (χ3n) is 4.55. The molecule has 0 fully saturated rings. The Kier molecular flexibility index (Phi) is 4.47. The maximum absolute atomic E-state index is 3.55. The van der Waals surface area contributed by atoms with Crippen molar-refractivity contribution in [1.82, 2.24) is 0 Å². The van der Waals surface area contributed by atoms with Crippen molar-refractivity contribution in [3.05, 3.63) is 109 Å². The molecule has 1 unspecified atom stereocenters. The van der Waals surface area contributed by atoms with Crippen LogP contribution in [0.1, 0.15) is 17.9 Å². The summed E-state index contributed by atoms with van der Waals surface area (Å²) >= 11 is 0. The predicted molar refractivity (Wildman–Crippen MR) is 107 cm³/mol. The highest BCUT2D eigenvalue weighted by molar-refractivity contribution is 5.71. The van der Waals surface area contributed by atoms with Crippen molar-refractivity contribution in [2.45, 2.75) is 12.3 Å². The summed E-state index contributed by atoms with van der Waals surface area (Å²) in [5.74, 6) is 0.474. The van der Waals surface area contributed by atoms with Gasteiger partial charge in [-0.2, -0.15) is 0 Å². The van der Waals surface area contributed by atoms with Crippen LogP contribution in [-0.2, 0) is 0 Å². The molecular weight excluding hydrogens is 302 g/mol. The first-order valence-corrected chi connectivity index (χ1v) is 8.74. The van der Waals surface area contributed by atoms with Gasteiger partial charge in [0.1, 0.15) is 0 Å². The van der Waals surface area contributed by atoms with Crippen molar-refractivity contribution in [2.24, 2.45) is 0 Å². The van der Waals surface area contributed by atoms with Gasteiger partial charge in [-0.15, -0.1) is 0 Å². The van der Waals surface area contributed by atoms with E-state index in [1.165, 1.54) is 16.7 Å². The maximum Gasteiger partial charge on any atom is 0.0390 e. The van der Waals surface area contributed by atoms with Crippen molar-refractivity contribution in [1.29, 1.82) is 0 Å². The van der Waals surface area contributed by atoms with Crippen molar-refractivity contribution >= 4 is 11.4 Å². The highest BCUT2D eigenvalue weighted by Crippen LogP contribution is 2.29. The second kappa shape index (κ2) is 7.23. The molecule has 0 saturated heterocycles. The number of allylic oxidation sites excluding steroid dienone is 4. The Morgan fingerprint density at radius 1 is 0.680 bits per heavy atom. The van der Waals surface area contributed by atoms with Crippen molar-refractivity contribution in [3.63, 3.8) is 0 Å². The standard InChI is InChI=1S/C24H21N/c1-3-9-19(10-4-1)21-13-7-15-23(17-21)25-24-16-8-14-22(18-24)20-11-5-2-6-12-20/h1-11,13-18,20,25H,12H2. The van der Waals surface area contributed by atoms with Gasteiger partial charge in [0.15, 0.2) is 0 Å². The largest absolute Gasteiger partial charge is 0.356 e. The van der Waals surface area contributed by atoms with Crippen LogP contribution in [0.25, 0.3) is 11.1 Å². The highest BCUT2D eigenvalue weighted by atomic mass is 14.9. The molecule has 1 atom stereocenters. The van der Waals surface area contributed by atoms with E-state index in [1.54, 1.807) is 0 Å². The van der Waals surface area contributed by atoms with Crippen molar-refractivity contribution in [3.8, 4) is 11.1 Å². The van der Waals surface area contributed by atoms with Crippen LogP contribution in [0.15, 0.2) is 103 Å². The zero-order chi connectivity index (χ0) is 16.9. The van der Waals surface area contributed by atoms with Gasteiger partial charge in [0, 0.05) is 17.3 Å². The second-order valence-corrected chi connectivity index (χ2v) is 6.35. The lowest BCUT2D eigenvalue weighted by molar-refractivity contribution is 0.854. The summed E-state index contributed by atoms with van der Waals surface area (Å²) in [6.07, 6.45) is 9.83. The molecule has 0 saturated carbocycles. The Labute approximate surface area is 149 Å². The molecule has 122 valence electrons. The van der Waals surface area contributed by atoms with Crippen molar-refractivity contribution < 1.29 is 0 Å². The minimum Gasteiger partial charge on any atom is -0.356 e. The van der Waals surface area contributed by atoms with Crippen LogP contribution in [0.2, 0.25) is 0 Å². The quantitative estimate of drug-likeness (QED) is 0.563. The van der Waals surface area contributed by atoms with E-state index in [0.717, 1.165) is 17.8 Å². The number of rotatable bonds is 4. The number of benzene rings is 3. The molecule has 0 spiro atoms. The van der Waals surface area contributed by atoms with Crippen LogP contribution >= 0.6 is 0 Å². The van der Waals surface area contributed by atoms with Crippen LogP contribution < -0.4 is 5.32 Å². The van der Waals surface area contributed by atoms with Crippen molar-refractivity contribution in [2.75, 3.05) is 5.32 Å². The summed E-state index contributed by atoms with van der Waals surface area (Å²) in [6.45, 7) is 0. The summed E-state index contributed by atoms with van der Waals surface area (Å²) in [5, 5.41) is 3.55. The van der Waals surface area contributed by atoms with Gasteiger partial charge in [0.25, 0.3) is 0 Å². The zero-order valence-corrected chi connectivity index (χ0v) is 14.1. The minimum absolute atomic E-state index is 0.474. The monoisotopic (exact) mass is 323 g/mol. The SMILES string of the molecule is C1=CCC(c2cccc(Nc3cccc(-c4ccccc4)c3)c2)C=C1. The fraction of sp³-hybridized carbons (Fsp3) is 0.0833. The number of hydrogen-bond acceptors (Lipinski definition) is 1. The molecule has 25 heavy (non-hydrogen) atoms. The lowest BCUT2D eigenvalue weighted by Gasteiger charge is -2.15. The first-order chi connectivity index (χ1) is 12.4. The number of nitrogens with one attached hydrogen (secondary N) is 1. The first-order valence-electron chi connectivity index (χ1n) is 8.74. The Hall–Kier alpha value is -3.06. The summed E-state index contributed by atoms with van der Waals surface area (Å²) in [4.78, 5) is 0. The molecule has 0 aromatic heterocycles. The van der Waals surface area contributed by atoms with E-state index in [1.807, 2.05) is 6.07 Å². The fourth-order valence-corrected chi connectivity index (χ4v) is 3.25. The molecule has 1 N–H and O–H groups in total. The zero-order valence-electron chi connectivity index (χ0n) is 14.1. The topological polar surface area (TPSA) is 12.0 Å². The van der Waals surface area contributed by atoms with E-state index >= 15 is 0 Å². The molecule has 0 amide bonds. The van der Waals surface area contributed by atoms with Crippen LogP contribution in [0.3, 0.4) is 0 Å². The third-order valence-corrected chi connectivity index (χ3v) is 4.55. The number of anilines is 2. The minimum atomic E-state index is 0.474. The molecule has 3 aromatic rings. The normalized spacial score (nSPS) is 15.9. The fourth-order valence-electron chi connectivity index (χ4n) is 3.25. The highest BCUT2D eigenvalue weighted by Gasteiger charge is 2.09.